The maximum absolute atomic E-state index is 12.3. The van der Waals surface area contributed by atoms with Gasteiger partial charge in [0.25, 0.3) is 0 Å². The van der Waals surface area contributed by atoms with E-state index in [9.17, 15) is 4.79 Å². The molecular weight excluding hydrogens is 242 g/mol. The van der Waals surface area contributed by atoms with Crippen molar-refractivity contribution in [3.05, 3.63) is 36.4 Å². The summed E-state index contributed by atoms with van der Waals surface area (Å²) in [5.41, 5.74) is 0.915. The van der Waals surface area contributed by atoms with Gasteiger partial charge in [0, 0.05) is 16.5 Å². The summed E-state index contributed by atoms with van der Waals surface area (Å²) in [5, 5.41) is 3.06. The molecule has 0 unspecified atom stereocenters. The summed E-state index contributed by atoms with van der Waals surface area (Å²) < 4.78 is 0. The first kappa shape index (κ1) is 11.8. The molecule has 3 heteroatoms. The van der Waals surface area contributed by atoms with Gasteiger partial charge in [-0.05, 0) is 49.1 Å². The molecule has 18 heavy (non-hydrogen) atoms. The van der Waals surface area contributed by atoms with E-state index in [1.807, 2.05) is 24.5 Å². The van der Waals surface area contributed by atoms with Crippen molar-refractivity contribution in [3.8, 4) is 0 Å². The zero-order valence-electron chi connectivity index (χ0n) is 10.4. The van der Waals surface area contributed by atoms with Crippen LogP contribution in [0.2, 0.25) is 0 Å². The molecule has 2 aliphatic rings. The summed E-state index contributed by atoms with van der Waals surface area (Å²) in [4.78, 5) is 13.4. The van der Waals surface area contributed by atoms with E-state index in [1.165, 1.54) is 11.3 Å². The van der Waals surface area contributed by atoms with Crippen LogP contribution in [0.4, 0.5) is 5.69 Å². The average Bonchev–Trinajstić information content (AvgIpc) is 3.01. The first-order chi connectivity index (χ1) is 8.76. The smallest absolute Gasteiger partial charge is 0.228 e. The Morgan fingerprint density at radius 3 is 2.89 bits per heavy atom. The van der Waals surface area contributed by atoms with Crippen molar-refractivity contribution >= 4 is 23.4 Å². The maximum atomic E-state index is 12.3. The van der Waals surface area contributed by atoms with Gasteiger partial charge in [-0.2, -0.15) is 0 Å². The molecule has 2 nitrogen and oxygen atoms in total. The van der Waals surface area contributed by atoms with Crippen LogP contribution in [0.5, 0.6) is 0 Å². The molecule has 2 bridgehead atoms. The molecule has 3 rings (SSSR count). The van der Waals surface area contributed by atoms with Gasteiger partial charge in [-0.15, -0.1) is 11.8 Å². The van der Waals surface area contributed by atoms with Crippen LogP contribution in [0.15, 0.2) is 41.3 Å². The van der Waals surface area contributed by atoms with Crippen LogP contribution < -0.4 is 5.32 Å². The minimum Gasteiger partial charge on any atom is -0.326 e. The van der Waals surface area contributed by atoms with Gasteiger partial charge in [0.2, 0.25) is 5.91 Å². The zero-order valence-corrected chi connectivity index (χ0v) is 11.2. The molecule has 94 valence electrons. The topological polar surface area (TPSA) is 29.1 Å². The van der Waals surface area contributed by atoms with E-state index in [0.717, 1.165) is 12.1 Å². The second-order valence-corrected chi connectivity index (χ2v) is 5.99. The third-order valence-electron chi connectivity index (χ3n) is 3.95. The SMILES string of the molecule is CSc1cccc(NC(=O)[C@H]2C[C@H]3C=C[C@H]2C3)c1. The summed E-state index contributed by atoms with van der Waals surface area (Å²) in [5.74, 6) is 1.48. The predicted octanol–water partition coefficient (Wildman–Crippen LogP) is 3.56. The van der Waals surface area contributed by atoms with Crippen molar-refractivity contribution < 1.29 is 4.79 Å². The molecule has 0 radical (unpaired) electrons. The number of rotatable bonds is 3. The fourth-order valence-electron chi connectivity index (χ4n) is 3.02. The molecule has 0 heterocycles. The standard InChI is InChI=1S/C15H17NOS/c1-18-13-4-2-3-12(9-13)16-15(17)14-8-10-5-6-11(14)7-10/h2-6,9-11,14H,7-8H2,1H3,(H,16,17)/t10-,11-,14-/m0/s1. The first-order valence-electron chi connectivity index (χ1n) is 6.39. The van der Waals surface area contributed by atoms with Gasteiger partial charge in [-0.1, -0.05) is 18.2 Å². The molecule has 1 amide bonds. The number of carbonyl (C=O) groups excluding carboxylic acids is 1. The molecule has 1 saturated carbocycles. The number of thioether (sulfide) groups is 1. The van der Waals surface area contributed by atoms with Crippen LogP contribution >= 0.6 is 11.8 Å². The van der Waals surface area contributed by atoms with E-state index in [1.54, 1.807) is 11.8 Å². The van der Waals surface area contributed by atoms with Crippen molar-refractivity contribution in [1.82, 2.24) is 0 Å². The minimum atomic E-state index is 0.179. The van der Waals surface area contributed by atoms with E-state index in [0.29, 0.717) is 11.8 Å². The lowest BCUT2D eigenvalue weighted by Gasteiger charge is -2.17. The van der Waals surface area contributed by atoms with Crippen molar-refractivity contribution in [2.24, 2.45) is 17.8 Å². The summed E-state index contributed by atoms with van der Waals surface area (Å²) in [6.45, 7) is 0. The molecular formula is C15H17NOS. The molecule has 0 aliphatic heterocycles. The van der Waals surface area contributed by atoms with Gasteiger partial charge in [0.1, 0.15) is 0 Å². The van der Waals surface area contributed by atoms with E-state index >= 15 is 0 Å². The quantitative estimate of drug-likeness (QED) is 0.664. The third-order valence-corrected chi connectivity index (χ3v) is 4.68. The Morgan fingerprint density at radius 1 is 1.33 bits per heavy atom. The monoisotopic (exact) mass is 259 g/mol. The lowest BCUT2D eigenvalue weighted by molar-refractivity contribution is -0.120. The molecule has 1 aromatic carbocycles. The fraction of sp³-hybridized carbons (Fsp3) is 0.400. The van der Waals surface area contributed by atoms with E-state index in [2.05, 4.69) is 23.5 Å². The largest absolute Gasteiger partial charge is 0.326 e. The number of hydrogen-bond donors (Lipinski definition) is 1. The Balaban J connectivity index is 1.69. The number of hydrogen-bond acceptors (Lipinski definition) is 2. The molecule has 0 spiro atoms. The van der Waals surface area contributed by atoms with Gasteiger partial charge >= 0.3 is 0 Å². The number of fused-ring (bicyclic) bond motifs is 2. The number of amides is 1. The second kappa shape index (κ2) is 4.81. The number of benzene rings is 1. The molecule has 1 N–H and O–H groups in total. The van der Waals surface area contributed by atoms with Crippen LogP contribution in [0, 0.1) is 17.8 Å². The Bertz CT molecular complexity index is 497. The highest BCUT2D eigenvalue weighted by atomic mass is 32.2. The van der Waals surface area contributed by atoms with Crippen LogP contribution in [0.25, 0.3) is 0 Å². The summed E-state index contributed by atoms with van der Waals surface area (Å²) in [6, 6.07) is 8.04. The molecule has 0 saturated heterocycles. The van der Waals surface area contributed by atoms with Crippen molar-refractivity contribution in [2.75, 3.05) is 11.6 Å². The van der Waals surface area contributed by atoms with Gasteiger partial charge in [0.15, 0.2) is 0 Å². The highest BCUT2D eigenvalue weighted by Crippen LogP contribution is 2.43. The lowest BCUT2D eigenvalue weighted by atomic mass is 9.93. The number of allylic oxidation sites excluding steroid dienone is 2. The minimum absolute atomic E-state index is 0.179. The van der Waals surface area contributed by atoms with E-state index < -0.39 is 0 Å². The summed E-state index contributed by atoms with van der Waals surface area (Å²) in [6.07, 6.45) is 8.72. The van der Waals surface area contributed by atoms with E-state index in [-0.39, 0.29) is 11.8 Å². The summed E-state index contributed by atoms with van der Waals surface area (Å²) in [7, 11) is 0. The van der Waals surface area contributed by atoms with Gasteiger partial charge in [-0.3, -0.25) is 4.79 Å². The molecule has 1 fully saturated rings. The van der Waals surface area contributed by atoms with Crippen LogP contribution in [0.1, 0.15) is 12.8 Å². The van der Waals surface area contributed by atoms with Crippen LogP contribution in [0.3, 0.4) is 0 Å². The molecule has 3 atom stereocenters. The average molecular weight is 259 g/mol. The van der Waals surface area contributed by atoms with Crippen LogP contribution in [-0.2, 0) is 4.79 Å². The number of anilines is 1. The van der Waals surface area contributed by atoms with E-state index in [4.69, 9.17) is 0 Å². The number of nitrogens with one attached hydrogen (secondary N) is 1. The zero-order chi connectivity index (χ0) is 12.5. The fourth-order valence-corrected chi connectivity index (χ4v) is 3.48. The summed E-state index contributed by atoms with van der Waals surface area (Å²) >= 11 is 1.69. The molecule has 1 aromatic rings. The van der Waals surface area contributed by atoms with Gasteiger partial charge in [0.05, 0.1) is 0 Å². The Kier molecular flexibility index (Phi) is 3.16. The Hall–Kier alpha value is -1.22. The van der Waals surface area contributed by atoms with Crippen molar-refractivity contribution in [2.45, 2.75) is 17.7 Å². The molecule has 0 aromatic heterocycles. The lowest BCUT2D eigenvalue weighted by Crippen LogP contribution is -2.25. The first-order valence-corrected chi connectivity index (χ1v) is 7.62. The normalized spacial score (nSPS) is 28.6. The maximum Gasteiger partial charge on any atom is 0.228 e. The van der Waals surface area contributed by atoms with Crippen molar-refractivity contribution in [3.63, 3.8) is 0 Å². The number of carbonyl (C=O) groups is 1. The van der Waals surface area contributed by atoms with Crippen molar-refractivity contribution in [1.29, 1.82) is 0 Å². The third kappa shape index (κ3) is 2.19. The Labute approximate surface area is 112 Å². The Morgan fingerprint density at radius 2 is 2.22 bits per heavy atom. The predicted molar refractivity (Wildman–Crippen MR) is 75.7 cm³/mol. The highest BCUT2D eigenvalue weighted by Gasteiger charge is 2.39. The van der Waals surface area contributed by atoms with Gasteiger partial charge < -0.3 is 5.32 Å². The second-order valence-electron chi connectivity index (χ2n) is 5.11. The highest BCUT2D eigenvalue weighted by molar-refractivity contribution is 7.98. The van der Waals surface area contributed by atoms with Gasteiger partial charge in [-0.25, -0.2) is 0 Å². The van der Waals surface area contributed by atoms with Crippen LogP contribution in [-0.4, -0.2) is 12.2 Å². The molecule has 2 aliphatic carbocycles.